The summed E-state index contributed by atoms with van der Waals surface area (Å²) in [5.41, 5.74) is 3.73. The lowest BCUT2D eigenvalue weighted by Gasteiger charge is -2.30. The van der Waals surface area contributed by atoms with Crippen molar-refractivity contribution in [2.45, 2.75) is 56.8 Å². The van der Waals surface area contributed by atoms with E-state index in [2.05, 4.69) is 27.7 Å². The second-order valence-electron chi connectivity index (χ2n) is 14.2. The van der Waals surface area contributed by atoms with Crippen molar-refractivity contribution in [1.82, 2.24) is 0 Å². The zero-order chi connectivity index (χ0) is 34.5. The van der Waals surface area contributed by atoms with Gasteiger partial charge in [0.25, 0.3) is 0 Å². The first-order valence-electron chi connectivity index (χ1n) is 17.1. The molecule has 0 saturated heterocycles. The summed E-state index contributed by atoms with van der Waals surface area (Å²) in [4.78, 5) is 0. The fourth-order valence-corrected chi connectivity index (χ4v) is 7.66. The molecule has 0 unspecified atom stereocenters. The molecular weight excluding hydrogens is 620 g/mol. The average molecular weight is 669 g/mol. The van der Waals surface area contributed by atoms with Crippen LogP contribution in [0, 0.1) is 0 Å². The lowest BCUT2D eigenvalue weighted by Crippen LogP contribution is -2.26. The lowest BCUT2D eigenvalue weighted by atomic mass is 9.72. The summed E-state index contributed by atoms with van der Waals surface area (Å²) < 4.78 is 34.8. The van der Waals surface area contributed by atoms with Gasteiger partial charge in [0.15, 0.2) is 23.0 Å². The lowest BCUT2D eigenvalue weighted by molar-refractivity contribution is 0.0757. The SMILES string of the molecule is CC1(C)CC2(CC(C)(C)c3cc(OCCOCCOc4ccccc4)c(O)cc32)c2cc(O)c(OCCOCCOc3ccccc3)cc21. The van der Waals surface area contributed by atoms with Crippen LogP contribution < -0.4 is 18.9 Å². The second kappa shape index (κ2) is 14.6. The standard InChI is InChI=1S/C41H48O8/c1-39(2)27-41(33-23-35(42)37(25-31(33)39)48-21-17-44-15-19-46-29-11-7-5-8-12-29)28-40(3,4)32-26-38(36(43)24-34(32)41)49-22-18-45-16-20-47-30-13-9-6-10-14-30/h5-14,23-26,42-43H,15-22,27-28H2,1-4H3. The van der Waals surface area contributed by atoms with Crippen LogP contribution in [0.3, 0.4) is 0 Å². The van der Waals surface area contributed by atoms with Crippen LogP contribution in [-0.4, -0.2) is 63.1 Å². The minimum Gasteiger partial charge on any atom is -0.504 e. The Bertz CT molecular complexity index is 1570. The molecule has 49 heavy (non-hydrogen) atoms. The van der Waals surface area contributed by atoms with Crippen molar-refractivity contribution in [1.29, 1.82) is 0 Å². The van der Waals surface area contributed by atoms with Crippen LogP contribution in [0.4, 0.5) is 0 Å². The largest absolute Gasteiger partial charge is 0.504 e. The molecule has 0 bridgehead atoms. The van der Waals surface area contributed by atoms with Crippen LogP contribution in [0.5, 0.6) is 34.5 Å². The molecule has 0 saturated carbocycles. The van der Waals surface area contributed by atoms with Crippen LogP contribution in [0.25, 0.3) is 0 Å². The molecule has 0 fully saturated rings. The minimum atomic E-state index is -0.368. The molecule has 2 aliphatic rings. The Balaban J connectivity index is 1.08. The minimum absolute atomic E-state index is 0.104. The van der Waals surface area contributed by atoms with E-state index in [4.69, 9.17) is 28.4 Å². The Kier molecular flexibility index (Phi) is 10.3. The number of benzene rings is 4. The highest BCUT2D eigenvalue weighted by Crippen LogP contribution is 2.64. The van der Waals surface area contributed by atoms with Crippen molar-refractivity contribution in [2.75, 3.05) is 52.9 Å². The number of rotatable bonds is 16. The summed E-state index contributed by atoms with van der Waals surface area (Å²) >= 11 is 0. The summed E-state index contributed by atoms with van der Waals surface area (Å²) in [6, 6.07) is 27.0. The van der Waals surface area contributed by atoms with Gasteiger partial charge in [0.05, 0.1) is 26.4 Å². The first kappa shape index (κ1) is 34.5. The van der Waals surface area contributed by atoms with Crippen molar-refractivity contribution >= 4 is 0 Å². The zero-order valence-electron chi connectivity index (χ0n) is 29.0. The van der Waals surface area contributed by atoms with E-state index in [1.165, 1.54) is 0 Å². The maximum absolute atomic E-state index is 11.2. The van der Waals surface area contributed by atoms with Crippen molar-refractivity contribution in [3.8, 4) is 34.5 Å². The Morgan fingerprint density at radius 1 is 0.469 bits per heavy atom. The topological polar surface area (TPSA) is 95.8 Å². The van der Waals surface area contributed by atoms with E-state index in [1.54, 1.807) is 0 Å². The Hall–Kier alpha value is -4.40. The van der Waals surface area contributed by atoms with Gasteiger partial charge in [0, 0.05) is 5.41 Å². The van der Waals surface area contributed by atoms with Gasteiger partial charge >= 0.3 is 0 Å². The van der Waals surface area contributed by atoms with Crippen molar-refractivity contribution in [3.63, 3.8) is 0 Å². The number of phenols is 2. The van der Waals surface area contributed by atoms with Gasteiger partial charge in [-0.25, -0.2) is 0 Å². The molecule has 0 amide bonds. The predicted octanol–water partition coefficient (Wildman–Crippen LogP) is 7.70. The van der Waals surface area contributed by atoms with Crippen molar-refractivity contribution in [3.05, 3.63) is 107 Å². The van der Waals surface area contributed by atoms with Gasteiger partial charge in [0.1, 0.15) is 37.9 Å². The molecule has 0 aromatic heterocycles. The molecule has 8 heteroatoms. The average Bonchev–Trinajstić information content (AvgIpc) is 3.43. The Morgan fingerprint density at radius 3 is 1.22 bits per heavy atom. The third-order valence-corrected chi connectivity index (χ3v) is 9.62. The van der Waals surface area contributed by atoms with Crippen LogP contribution in [0.2, 0.25) is 0 Å². The predicted molar refractivity (Wildman–Crippen MR) is 189 cm³/mol. The molecule has 4 aromatic rings. The fraction of sp³-hybridized carbons (Fsp3) is 0.415. The quantitative estimate of drug-likeness (QED) is 0.117. The molecule has 260 valence electrons. The molecule has 2 aliphatic carbocycles. The maximum atomic E-state index is 11.2. The van der Waals surface area contributed by atoms with Gasteiger partial charge in [-0.2, -0.15) is 0 Å². The summed E-state index contributed by atoms with van der Waals surface area (Å²) in [7, 11) is 0. The van der Waals surface area contributed by atoms with E-state index < -0.39 is 0 Å². The number of hydrogen-bond acceptors (Lipinski definition) is 8. The summed E-state index contributed by atoms with van der Waals surface area (Å²) in [5.74, 6) is 2.73. The monoisotopic (exact) mass is 668 g/mol. The van der Waals surface area contributed by atoms with Gasteiger partial charge in [-0.3, -0.25) is 0 Å². The molecular formula is C41H48O8. The van der Waals surface area contributed by atoms with Crippen LogP contribution >= 0.6 is 0 Å². The smallest absolute Gasteiger partial charge is 0.161 e. The van der Waals surface area contributed by atoms with Gasteiger partial charge in [0.2, 0.25) is 0 Å². The second-order valence-corrected chi connectivity index (χ2v) is 14.2. The normalized spacial score (nSPS) is 16.2. The summed E-state index contributed by atoms with van der Waals surface area (Å²) in [6.07, 6.45) is 1.69. The molecule has 0 heterocycles. The van der Waals surface area contributed by atoms with E-state index in [0.717, 1.165) is 46.6 Å². The fourth-order valence-electron chi connectivity index (χ4n) is 7.66. The van der Waals surface area contributed by atoms with Crippen LogP contribution in [-0.2, 0) is 25.7 Å². The molecule has 2 N–H and O–H groups in total. The number of ether oxygens (including phenoxy) is 6. The third-order valence-electron chi connectivity index (χ3n) is 9.62. The van der Waals surface area contributed by atoms with E-state index >= 15 is 0 Å². The first-order valence-corrected chi connectivity index (χ1v) is 17.1. The highest BCUT2D eigenvalue weighted by molar-refractivity contribution is 5.65. The van der Waals surface area contributed by atoms with Gasteiger partial charge in [-0.05, 0) is 94.5 Å². The van der Waals surface area contributed by atoms with E-state index in [0.29, 0.717) is 64.4 Å². The number of hydrogen-bond donors (Lipinski definition) is 2. The van der Waals surface area contributed by atoms with Gasteiger partial charge < -0.3 is 38.6 Å². The third kappa shape index (κ3) is 7.61. The number of phenolic OH excluding ortho intramolecular Hbond substituents is 2. The molecule has 4 aromatic carbocycles. The van der Waals surface area contributed by atoms with Crippen molar-refractivity contribution < 1.29 is 38.6 Å². The van der Waals surface area contributed by atoms with Crippen LogP contribution in [0.15, 0.2) is 84.9 Å². The Labute approximate surface area is 289 Å². The van der Waals surface area contributed by atoms with Gasteiger partial charge in [-0.1, -0.05) is 64.1 Å². The van der Waals surface area contributed by atoms with E-state index in [-0.39, 0.29) is 27.7 Å². The molecule has 6 rings (SSSR count). The van der Waals surface area contributed by atoms with E-state index in [1.807, 2.05) is 84.9 Å². The number of fused-ring (bicyclic) bond motifs is 4. The summed E-state index contributed by atoms with van der Waals surface area (Å²) in [6.45, 7) is 12.1. The van der Waals surface area contributed by atoms with Crippen molar-refractivity contribution in [2.24, 2.45) is 0 Å². The maximum Gasteiger partial charge on any atom is 0.161 e. The van der Waals surface area contributed by atoms with E-state index in [9.17, 15) is 10.2 Å². The summed E-state index contributed by atoms with van der Waals surface area (Å²) in [5, 5.41) is 22.4. The highest BCUT2D eigenvalue weighted by atomic mass is 16.6. The molecule has 1 spiro atoms. The number of aromatic hydroxyl groups is 2. The molecule has 0 atom stereocenters. The van der Waals surface area contributed by atoms with Gasteiger partial charge in [-0.15, -0.1) is 0 Å². The zero-order valence-corrected chi connectivity index (χ0v) is 29.0. The molecule has 8 nitrogen and oxygen atoms in total. The number of para-hydroxylation sites is 2. The molecule has 0 aliphatic heterocycles. The molecule has 0 radical (unpaired) electrons. The Morgan fingerprint density at radius 2 is 0.837 bits per heavy atom. The first-order chi connectivity index (χ1) is 23.6. The highest BCUT2D eigenvalue weighted by Gasteiger charge is 2.57. The van der Waals surface area contributed by atoms with Crippen LogP contribution in [0.1, 0.15) is 62.8 Å².